The molecule has 0 atom stereocenters. The number of hydrogen-bond donors (Lipinski definition) is 0. The second-order valence-electron chi connectivity index (χ2n) is 24.9. The van der Waals surface area contributed by atoms with E-state index < -0.39 is 0 Å². The number of furan rings is 2. The van der Waals surface area contributed by atoms with Crippen molar-refractivity contribution in [3.8, 4) is 102 Å². The van der Waals surface area contributed by atoms with Crippen molar-refractivity contribution in [2.24, 2.45) is 0 Å². The fourth-order valence-corrected chi connectivity index (χ4v) is 14.8. The predicted molar refractivity (Wildman–Crippen MR) is 398 cm³/mol. The van der Waals surface area contributed by atoms with Gasteiger partial charge in [-0.25, -0.2) is 19.9 Å². The number of fused-ring (bicyclic) bond motifs is 13. The molecule has 0 bridgehead atoms. The van der Waals surface area contributed by atoms with Gasteiger partial charge in [0.25, 0.3) is 0 Å². The number of para-hydroxylation sites is 4. The van der Waals surface area contributed by atoms with Crippen molar-refractivity contribution in [3.63, 3.8) is 0 Å². The van der Waals surface area contributed by atoms with Gasteiger partial charge in [-0.2, -0.15) is 0 Å². The molecule has 0 fully saturated rings. The van der Waals surface area contributed by atoms with Gasteiger partial charge in [0, 0.05) is 88.6 Å². The monoisotopic (exact) mass is 1250 g/mol. The summed E-state index contributed by atoms with van der Waals surface area (Å²) in [4.78, 5) is 21.6. The minimum Gasteiger partial charge on any atom is -0.440 e. The van der Waals surface area contributed by atoms with Gasteiger partial charge in [0.15, 0.2) is 0 Å². The maximum atomic E-state index is 7.11. The van der Waals surface area contributed by atoms with Gasteiger partial charge in [0.05, 0.1) is 66.9 Å². The first-order chi connectivity index (χ1) is 48.6. The summed E-state index contributed by atoms with van der Waals surface area (Å²) in [5, 5.41) is 8.91. The highest BCUT2D eigenvalue weighted by molar-refractivity contribution is 6.26. The second-order valence-corrected chi connectivity index (χ2v) is 24.9. The molecule has 12 aromatic carbocycles. The van der Waals surface area contributed by atoms with Crippen molar-refractivity contribution in [1.82, 2.24) is 38.2 Å². The summed E-state index contributed by atoms with van der Waals surface area (Å²) in [6.45, 7) is 0. The van der Waals surface area contributed by atoms with Crippen molar-refractivity contribution >= 4 is 87.2 Å². The number of benzene rings is 12. The minimum atomic E-state index is 0.572. The van der Waals surface area contributed by atoms with Gasteiger partial charge in [-0.05, 0) is 83.9 Å². The lowest BCUT2D eigenvalue weighted by Crippen LogP contribution is -2.04. The Balaban J connectivity index is 0.681. The Morgan fingerprint density at radius 3 is 1.14 bits per heavy atom. The van der Waals surface area contributed by atoms with Crippen LogP contribution in [0.1, 0.15) is 0 Å². The first-order valence-electron chi connectivity index (χ1n) is 32.9. The Morgan fingerprint density at radius 1 is 0.204 bits per heavy atom. The van der Waals surface area contributed by atoms with Crippen molar-refractivity contribution in [3.05, 3.63) is 328 Å². The van der Waals surface area contributed by atoms with E-state index in [1.807, 2.05) is 36.4 Å². The van der Waals surface area contributed by atoms with Crippen molar-refractivity contribution in [2.45, 2.75) is 0 Å². The van der Waals surface area contributed by atoms with E-state index >= 15 is 0 Å². The molecular weight excluding hydrogens is 1200 g/mol. The fraction of sp³-hybridized carbons (Fsp3) is 0. The summed E-state index contributed by atoms with van der Waals surface area (Å²) in [6, 6.07) is 115. The van der Waals surface area contributed by atoms with Crippen LogP contribution in [0.4, 0.5) is 0 Å². The average molecular weight is 1260 g/mol. The molecule has 0 saturated carbocycles. The summed E-state index contributed by atoms with van der Waals surface area (Å²) in [7, 11) is 0. The topological polar surface area (TPSA) is 97.6 Å². The molecule has 0 spiro atoms. The zero-order valence-electron chi connectivity index (χ0n) is 52.6. The molecule has 0 saturated heterocycles. The smallest absolute Gasteiger partial charge is 0.235 e. The molecule has 8 aromatic heterocycles. The SMILES string of the molecule is c1ccc(-c2cc(-c3ccc(-c4cccc(-c5ccc(-n6c7ccccc7c7ccc8c(c9ccccc9n8-c8nc(-c9ccccc9)cc(-c9ccccc9)n8)c76)o5)c4)cc3)nc(-n3c4ccccc4c4cc5c6ccccc6n(-c6ccc(-c7ccccc7)o6)c5cc43)n2)cc1. The zero-order chi connectivity index (χ0) is 64.4. The first-order valence-corrected chi connectivity index (χ1v) is 32.9. The molecule has 0 radical (unpaired) electrons. The van der Waals surface area contributed by atoms with E-state index in [4.69, 9.17) is 28.8 Å². The highest BCUT2D eigenvalue weighted by atomic mass is 16.4. The van der Waals surface area contributed by atoms with Crippen LogP contribution >= 0.6 is 0 Å². The van der Waals surface area contributed by atoms with Gasteiger partial charge in [0.2, 0.25) is 23.7 Å². The highest BCUT2D eigenvalue weighted by Gasteiger charge is 2.26. The maximum absolute atomic E-state index is 7.11. The third kappa shape index (κ3) is 8.82. The summed E-state index contributed by atoms with van der Waals surface area (Å²) in [5.74, 6) is 4.18. The first kappa shape index (κ1) is 55.1. The maximum Gasteiger partial charge on any atom is 0.235 e. The summed E-state index contributed by atoms with van der Waals surface area (Å²) >= 11 is 0. The number of nitrogens with zero attached hydrogens (tertiary/aromatic N) is 8. The van der Waals surface area contributed by atoms with E-state index in [1.54, 1.807) is 0 Å². The largest absolute Gasteiger partial charge is 0.440 e. The van der Waals surface area contributed by atoms with E-state index in [2.05, 4.69) is 309 Å². The highest BCUT2D eigenvalue weighted by Crippen LogP contribution is 2.45. The summed E-state index contributed by atoms with van der Waals surface area (Å²) in [6.07, 6.45) is 0. The number of aromatic nitrogens is 8. The Bertz CT molecular complexity index is 6480. The summed E-state index contributed by atoms with van der Waals surface area (Å²) in [5.41, 5.74) is 19.6. The van der Waals surface area contributed by atoms with E-state index in [9.17, 15) is 0 Å². The second kappa shape index (κ2) is 22.1. The molecule has 20 aromatic rings. The summed E-state index contributed by atoms with van der Waals surface area (Å²) < 4.78 is 22.8. The predicted octanol–water partition coefficient (Wildman–Crippen LogP) is 22.5. The van der Waals surface area contributed by atoms with Crippen LogP contribution in [0.2, 0.25) is 0 Å². The standard InChI is InChI=1S/C88H54N8O2/c1-5-22-56(23-6-1)70-52-71(57-24-7-2-8-25-57)90-87(89-70)94-77-39-20-16-35-67(77)85-78(94)45-44-66-63-32-13-19-38-76(63)96(86(66)85)84-49-47-82(98-84)62-31-21-30-61(50-62)55-40-42-59(43-41-55)73-53-72(58-26-9-3-10-27-58)91-88(92-73)95-75-37-18-15-34-65(75)69-51-68-64-33-14-17-36-74(64)93(79(68)54-80(69)95)83-48-46-81(97-83)60-28-11-4-12-29-60/h1-54H. The minimum absolute atomic E-state index is 0.572. The van der Waals surface area contributed by atoms with E-state index in [-0.39, 0.29) is 0 Å². The lowest BCUT2D eigenvalue weighted by atomic mass is 10.00. The Morgan fingerprint density at radius 2 is 0.592 bits per heavy atom. The third-order valence-electron chi connectivity index (χ3n) is 19.3. The van der Waals surface area contributed by atoms with Gasteiger partial charge in [-0.15, -0.1) is 0 Å². The van der Waals surface area contributed by atoms with Gasteiger partial charge >= 0.3 is 0 Å². The van der Waals surface area contributed by atoms with Gasteiger partial charge < -0.3 is 8.83 Å². The molecule has 0 unspecified atom stereocenters. The van der Waals surface area contributed by atoms with E-state index in [0.29, 0.717) is 17.8 Å². The molecule has 0 aliphatic rings. The number of rotatable bonds is 11. The molecular formula is C88H54N8O2. The molecule has 0 N–H and O–H groups in total. The van der Waals surface area contributed by atoms with Gasteiger partial charge in [0.1, 0.15) is 11.5 Å². The van der Waals surface area contributed by atoms with Crippen molar-refractivity contribution in [2.75, 3.05) is 0 Å². The van der Waals surface area contributed by atoms with Gasteiger partial charge in [-0.1, -0.05) is 243 Å². The molecule has 8 heterocycles. The van der Waals surface area contributed by atoms with Crippen LogP contribution in [0.3, 0.4) is 0 Å². The molecule has 98 heavy (non-hydrogen) atoms. The van der Waals surface area contributed by atoms with Crippen LogP contribution in [0.5, 0.6) is 0 Å². The van der Waals surface area contributed by atoms with Crippen LogP contribution in [0.25, 0.3) is 190 Å². The molecule has 10 nitrogen and oxygen atoms in total. The van der Waals surface area contributed by atoms with E-state index in [1.165, 1.54) is 0 Å². The molecule has 0 amide bonds. The third-order valence-corrected chi connectivity index (χ3v) is 19.3. The molecule has 0 aliphatic heterocycles. The Labute approximate surface area is 561 Å². The average Bonchev–Trinajstić information content (AvgIpc) is 1.55. The molecule has 10 heteroatoms. The molecule has 20 rings (SSSR count). The van der Waals surface area contributed by atoms with Crippen molar-refractivity contribution < 1.29 is 8.83 Å². The van der Waals surface area contributed by atoms with Crippen molar-refractivity contribution in [1.29, 1.82) is 0 Å². The van der Waals surface area contributed by atoms with Crippen LogP contribution in [0, 0.1) is 0 Å². The zero-order valence-corrected chi connectivity index (χ0v) is 52.6. The molecule has 458 valence electrons. The molecule has 0 aliphatic carbocycles. The quantitative estimate of drug-likeness (QED) is 0.128. The fourth-order valence-electron chi connectivity index (χ4n) is 14.8. The Kier molecular flexibility index (Phi) is 12.4. The Hall–Kier alpha value is -13.4. The normalized spacial score (nSPS) is 11.9. The van der Waals surface area contributed by atoms with E-state index in [0.717, 1.165) is 172 Å². The van der Waals surface area contributed by atoms with Gasteiger partial charge in [-0.3, -0.25) is 18.3 Å². The number of hydrogen-bond acceptors (Lipinski definition) is 6. The lowest BCUT2D eigenvalue weighted by Gasteiger charge is -2.12. The van der Waals surface area contributed by atoms with Crippen LogP contribution in [-0.4, -0.2) is 38.2 Å². The van der Waals surface area contributed by atoms with Crippen LogP contribution in [-0.2, 0) is 0 Å². The van der Waals surface area contributed by atoms with Crippen LogP contribution < -0.4 is 0 Å². The van der Waals surface area contributed by atoms with Crippen LogP contribution in [0.15, 0.2) is 336 Å². The lowest BCUT2D eigenvalue weighted by molar-refractivity contribution is 0.560.